The van der Waals surface area contributed by atoms with Crippen LogP contribution in [0, 0.1) is 12.3 Å². The largest absolute Gasteiger partial charge is 0.392 e. The summed E-state index contributed by atoms with van der Waals surface area (Å²) in [5, 5.41) is 11.5. The molecule has 0 aromatic heterocycles. The third-order valence-electron chi connectivity index (χ3n) is 1.57. The van der Waals surface area contributed by atoms with Crippen LogP contribution in [0.15, 0.2) is 0 Å². The van der Waals surface area contributed by atoms with Crippen LogP contribution in [-0.4, -0.2) is 23.7 Å². The third-order valence-corrected chi connectivity index (χ3v) is 1.57. The first-order valence-electron chi connectivity index (χ1n) is 4.55. The van der Waals surface area contributed by atoms with Crippen LogP contribution in [0.4, 0.5) is 0 Å². The smallest absolute Gasteiger partial charge is 0.220 e. The van der Waals surface area contributed by atoms with Crippen LogP contribution in [0.25, 0.3) is 0 Å². The van der Waals surface area contributed by atoms with Gasteiger partial charge in [0.2, 0.25) is 5.91 Å². The van der Waals surface area contributed by atoms with Crippen LogP contribution in [-0.2, 0) is 4.79 Å². The highest BCUT2D eigenvalue weighted by atomic mass is 16.3. The summed E-state index contributed by atoms with van der Waals surface area (Å²) in [6, 6.07) is 0. The average molecular weight is 183 g/mol. The van der Waals surface area contributed by atoms with E-state index in [0.717, 1.165) is 19.3 Å². The summed E-state index contributed by atoms with van der Waals surface area (Å²) in [6.45, 7) is 1.96. The summed E-state index contributed by atoms with van der Waals surface area (Å²) in [5.74, 6) is 2.50. The van der Waals surface area contributed by atoms with E-state index in [-0.39, 0.29) is 5.91 Å². The van der Waals surface area contributed by atoms with E-state index in [2.05, 4.69) is 11.2 Å². The molecular formula is C10H17NO2. The number of carbonyl (C=O) groups is 1. The molecular weight excluding hydrogens is 166 g/mol. The van der Waals surface area contributed by atoms with Crippen molar-refractivity contribution in [2.75, 3.05) is 6.54 Å². The lowest BCUT2D eigenvalue weighted by Crippen LogP contribution is -2.30. The minimum Gasteiger partial charge on any atom is -0.392 e. The van der Waals surface area contributed by atoms with Crippen LogP contribution in [0.3, 0.4) is 0 Å². The highest BCUT2D eigenvalue weighted by Crippen LogP contribution is 1.98. The zero-order chi connectivity index (χ0) is 10.1. The molecule has 0 spiro atoms. The fourth-order valence-corrected chi connectivity index (χ4v) is 0.863. The van der Waals surface area contributed by atoms with Gasteiger partial charge in [-0.05, 0) is 19.8 Å². The van der Waals surface area contributed by atoms with E-state index >= 15 is 0 Å². The van der Waals surface area contributed by atoms with Crippen molar-refractivity contribution in [3.8, 4) is 12.3 Å². The lowest BCUT2D eigenvalue weighted by molar-refractivity contribution is -0.121. The predicted molar refractivity (Wildman–Crippen MR) is 52.0 cm³/mol. The molecule has 0 fully saturated rings. The maximum Gasteiger partial charge on any atom is 0.220 e. The van der Waals surface area contributed by atoms with Gasteiger partial charge in [0.25, 0.3) is 0 Å². The normalized spacial score (nSPS) is 11.8. The van der Waals surface area contributed by atoms with Gasteiger partial charge in [0.1, 0.15) is 0 Å². The number of terminal acetylenes is 1. The number of unbranched alkanes of at least 4 members (excludes halogenated alkanes) is 2. The van der Waals surface area contributed by atoms with Gasteiger partial charge in [0.15, 0.2) is 0 Å². The van der Waals surface area contributed by atoms with Gasteiger partial charge in [0, 0.05) is 19.4 Å². The number of aliphatic hydroxyl groups is 1. The third kappa shape index (κ3) is 8.90. The van der Waals surface area contributed by atoms with Crippen LogP contribution < -0.4 is 5.32 Å². The number of nitrogens with one attached hydrogen (secondary N) is 1. The van der Waals surface area contributed by atoms with E-state index in [1.165, 1.54) is 0 Å². The second-order valence-corrected chi connectivity index (χ2v) is 3.06. The van der Waals surface area contributed by atoms with Gasteiger partial charge in [-0.3, -0.25) is 4.79 Å². The summed E-state index contributed by atoms with van der Waals surface area (Å²) in [6.07, 6.45) is 7.51. The Bertz CT molecular complexity index is 182. The molecule has 74 valence electrons. The zero-order valence-electron chi connectivity index (χ0n) is 8.05. The SMILES string of the molecule is C#CCCCCC(=O)NC[C@@H](C)O. The molecule has 0 aliphatic rings. The van der Waals surface area contributed by atoms with Gasteiger partial charge in [0.05, 0.1) is 6.10 Å². The number of hydrogen-bond donors (Lipinski definition) is 2. The molecule has 0 radical (unpaired) electrons. The first-order chi connectivity index (χ1) is 6.16. The van der Waals surface area contributed by atoms with E-state index in [1.807, 2.05) is 0 Å². The lowest BCUT2D eigenvalue weighted by atomic mass is 10.2. The topological polar surface area (TPSA) is 49.3 Å². The molecule has 0 heterocycles. The Morgan fingerprint density at radius 2 is 2.31 bits per heavy atom. The van der Waals surface area contributed by atoms with E-state index in [1.54, 1.807) is 6.92 Å². The van der Waals surface area contributed by atoms with Gasteiger partial charge in [-0.15, -0.1) is 12.3 Å². The molecule has 1 amide bonds. The fraction of sp³-hybridized carbons (Fsp3) is 0.700. The summed E-state index contributed by atoms with van der Waals surface area (Å²) in [4.78, 5) is 11.0. The minimum absolute atomic E-state index is 0.0158. The summed E-state index contributed by atoms with van der Waals surface area (Å²) in [5.41, 5.74) is 0. The van der Waals surface area contributed by atoms with Crippen molar-refractivity contribution in [3.05, 3.63) is 0 Å². The Balaban J connectivity index is 3.26. The van der Waals surface area contributed by atoms with Gasteiger partial charge in [-0.1, -0.05) is 0 Å². The highest BCUT2D eigenvalue weighted by molar-refractivity contribution is 5.75. The number of rotatable bonds is 6. The van der Waals surface area contributed by atoms with Crippen molar-refractivity contribution >= 4 is 5.91 Å². The standard InChI is InChI=1S/C10H17NO2/c1-3-4-5-6-7-10(13)11-8-9(2)12/h1,9,12H,4-8H2,2H3,(H,11,13)/t9-/m1/s1. The molecule has 3 nitrogen and oxygen atoms in total. The summed E-state index contributed by atoms with van der Waals surface area (Å²) < 4.78 is 0. The van der Waals surface area contributed by atoms with E-state index in [9.17, 15) is 4.79 Å². The second kappa shape index (κ2) is 7.63. The lowest BCUT2D eigenvalue weighted by Gasteiger charge is -2.06. The molecule has 1 atom stereocenters. The molecule has 0 aromatic carbocycles. The molecule has 0 saturated carbocycles. The minimum atomic E-state index is -0.477. The average Bonchev–Trinajstić information content (AvgIpc) is 2.09. The van der Waals surface area contributed by atoms with E-state index in [0.29, 0.717) is 13.0 Å². The van der Waals surface area contributed by atoms with Gasteiger partial charge < -0.3 is 10.4 Å². The molecule has 0 saturated heterocycles. The van der Waals surface area contributed by atoms with E-state index in [4.69, 9.17) is 11.5 Å². The van der Waals surface area contributed by atoms with Crippen molar-refractivity contribution < 1.29 is 9.90 Å². The summed E-state index contributed by atoms with van der Waals surface area (Å²) in [7, 11) is 0. The highest BCUT2D eigenvalue weighted by Gasteiger charge is 2.01. The van der Waals surface area contributed by atoms with Crippen LogP contribution >= 0.6 is 0 Å². The van der Waals surface area contributed by atoms with Gasteiger partial charge in [-0.2, -0.15) is 0 Å². The van der Waals surface area contributed by atoms with Crippen molar-refractivity contribution in [1.29, 1.82) is 0 Å². The summed E-state index contributed by atoms with van der Waals surface area (Å²) >= 11 is 0. The van der Waals surface area contributed by atoms with Crippen LogP contribution in [0.2, 0.25) is 0 Å². The van der Waals surface area contributed by atoms with E-state index < -0.39 is 6.10 Å². The maximum atomic E-state index is 11.0. The molecule has 2 N–H and O–H groups in total. The Kier molecular flexibility index (Phi) is 7.04. The van der Waals surface area contributed by atoms with Gasteiger partial charge >= 0.3 is 0 Å². The molecule has 0 unspecified atom stereocenters. The number of aliphatic hydroxyl groups excluding tert-OH is 1. The molecule has 3 heteroatoms. The molecule has 0 aromatic rings. The Morgan fingerprint density at radius 1 is 1.62 bits per heavy atom. The fourth-order valence-electron chi connectivity index (χ4n) is 0.863. The second-order valence-electron chi connectivity index (χ2n) is 3.06. The quantitative estimate of drug-likeness (QED) is 0.470. The Labute approximate surface area is 79.5 Å². The monoisotopic (exact) mass is 183 g/mol. The van der Waals surface area contributed by atoms with Crippen LogP contribution in [0.5, 0.6) is 0 Å². The maximum absolute atomic E-state index is 11.0. The van der Waals surface area contributed by atoms with Crippen molar-refractivity contribution in [1.82, 2.24) is 5.32 Å². The van der Waals surface area contributed by atoms with Crippen molar-refractivity contribution in [2.24, 2.45) is 0 Å². The molecule has 0 bridgehead atoms. The predicted octanol–water partition coefficient (Wildman–Crippen LogP) is 0.677. The van der Waals surface area contributed by atoms with Crippen molar-refractivity contribution in [3.63, 3.8) is 0 Å². The zero-order valence-corrected chi connectivity index (χ0v) is 8.05. The first kappa shape index (κ1) is 12.0. The Morgan fingerprint density at radius 3 is 2.85 bits per heavy atom. The number of carbonyl (C=O) groups excluding carboxylic acids is 1. The molecule has 13 heavy (non-hydrogen) atoms. The van der Waals surface area contributed by atoms with Crippen molar-refractivity contribution in [2.45, 2.75) is 38.7 Å². The number of amides is 1. The Hall–Kier alpha value is -1.01. The molecule has 0 rings (SSSR count). The number of hydrogen-bond acceptors (Lipinski definition) is 2. The van der Waals surface area contributed by atoms with Crippen LogP contribution in [0.1, 0.15) is 32.6 Å². The molecule has 0 aliphatic carbocycles. The van der Waals surface area contributed by atoms with Gasteiger partial charge in [-0.25, -0.2) is 0 Å². The molecule has 0 aliphatic heterocycles. The first-order valence-corrected chi connectivity index (χ1v) is 4.55.